The van der Waals surface area contributed by atoms with Crippen molar-refractivity contribution >= 4 is 11.6 Å². The normalized spacial score (nSPS) is 15.2. The Hall–Kier alpha value is -1.51. The van der Waals surface area contributed by atoms with E-state index in [2.05, 4.69) is 10.6 Å². The summed E-state index contributed by atoms with van der Waals surface area (Å²) in [5.74, 6) is 0.726. The topological polar surface area (TPSA) is 41.1 Å². The maximum absolute atomic E-state index is 12.0. The third-order valence-corrected chi connectivity index (χ3v) is 3.47. The minimum atomic E-state index is 0.0289. The Bertz CT molecular complexity index is 411. The van der Waals surface area contributed by atoms with Gasteiger partial charge in [0.2, 0.25) is 0 Å². The van der Waals surface area contributed by atoms with E-state index in [1.165, 1.54) is 19.3 Å². The van der Waals surface area contributed by atoms with Gasteiger partial charge >= 0.3 is 0 Å². The van der Waals surface area contributed by atoms with Gasteiger partial charge in [-0.15, -0.1) is 0 Å². The lowest BCUT2D eigenvalue weighted by molar-refractivity contribution is 0.0940. The summed E-state index contributed by atoms with van der Waals surface area (Å²) in [5, 5.41) is 6.09. The zero-order valence-corrected chi connectivity index (χ0v) is 10.5. The highest BCUT2D eigenvalue weighted by molar-refractivity contribution is 5.99. The van der Waals surface area contributed by atoms with Gasteiger partial charge in [-0.3, -0.25) is 4.79 Å². The van der Waals surface area contributed by atoms with Crippen LogP contribution in [0.5, 0.6) is 0 Å². The van der Waals surface area contributed by atoms with E-state index in [4.69, 9.17) is 0 Å². The lowest BCUT2D eigenvalue weighted by Crippen LogP contribution is -2.32. The molecule has 1 fully saturated rings. The first kappa shape index (κ1) is 12.0. The van der Waals surface area contributed by atoms with E-state index >= 15 is 0 Å². The Labute approximate surface area is 103 Å². The molecule has 1 aliphatic carbocycles. The number of aryl methyl sites for hydroxylation is 1. The standard InChI is InChI=1S/C14H20N2O/c1-10-6-7-12(13(8-10)15-2)14(17)16-9-11-4-3-5-11/h6-8,11,15H,3-5,9H2,1-2H3,(H,16,17). The summed E-state index contributed by atoms with van der Waals surface area (Å²) in [5.41, 5.74) is 2.79. The Kier molecular flexibility index (Phi) is 3.67. The molecule has 92 valence electrons. The van der Waals surface area contributed by atoms with Crippen molar-refractivity contribution in [2.45, 2.75) is 26.2 Å². The summed E-state index contributed by atoms with van der Waals surface area (Å²) in [6, 6.07) is 5.86. The second kappa shape index (κ2) is 5.21. The van der Waals surface area contributed by atoms with Crippen LogP contribution in [0.4, 0.5) is 5.69 Å². The Morgan fingerprint density at radius 2 is 2.18 bits per heavy atom. The van der Waals surface area contributed by atoms with Crippen LogP contribution in [-0.4, -0.2) is 19.5 Å². The van der Waals surface area contributed by atoms with E-state index < -0.39 is 0 Å². The zero-order chi connectivity index (χ0) is 12.3. The fourth-order valence-electron chi connectivity index (χ4n) is 2.09. The molecule has 0 bridgehead atoms. The van der Waals surface area contributed by atoms with Crippen LogP contribution in [0.1, 0.15) is 35.2 Å². The number of hydrogen-bond donors (Lipinski definition) is 2. The lowest BCUT2D eigenvalue weighted by atomic mass is 9.85. The molecule has 1 saturated carbocycles. The van der Waals surface area contributed by atoms with Gasteiger partial charge in [0.25, 0.3) is 5.91 Å². The van der Waals surface area contributed by atoms with Gasteiger partial charge < -0.3 is 10.6 Å². The van der Waals surface area contributed by atoms with Gasteiger partial charge in [-0.2, -0.15) is 0 Å². The maximum atomic E-state index is 12.0. The average Bonchev–Trinajstić information content (AvgIpc) is 2.26. The van der Waals surface area contributed by atoms with Gasteiger partial charge in [0.1, 0.15) is 0 Å². The quantitative estimate of drug-likeness (QED) is 0.837. The van der Waals surface area contributed by atoms with Gasteiger partial charge in [-0.25, -0.2) is 0 Å². The third kappa shape index (κ3) is 2.78. The fourth-order valence-corrected chi connectivity index (χ4v) is 2.09. The van der Waals surface area contributed by atoms with E-state index in [9.17, 15) is 4.79 Å². The van der Waals surface area contributed by atoms with E-state index in [0.717, 1.165) is 23.4 Å². The van der Waals surface area contributed by atoms with Crippen molar-refractivity contribution in [3.8, 4) is 0 Å². The molecule has 0 heterocycles. The van der Waals surface area contributed by atoms with Crippen LogP contribution >= 0.6 is 0 Å². The molecule has 1 aromatic rings. The van der Waals surface area contributed by atoms with Crippen molar-refractivity contribution in [3.63, 3.8) is 0 Å². The molecule has 3 heteroatoms. The van der Waals surface area contributed by atoms with E-state index in [1.54, 1.807) is 0 Å². The van der Waals surface area contributed by atoms with Gasteiger partial charge in [0, 0.05) is 19.3 Å². The van der Waals surface area contributed by atoms with Crippen LogP contribution in [0, 0.1) is 12.8 Å². The molecule has 17 heavy (non-hydrogen) atoms. The van der Waals surface area contributed by atoms with Gasteiger partial charge in [0.05, 0.1) is 5.56 Å². The predicted octanol–water partition coefficient (Wildman–Crippen LogP) is 2.57. The van der Waals surface area contributed by atoms with Crippen LogP contribution < -0.4 is 10.6 Å². The highest BCUT2D eigenvalue weighted by atomic mass is 16.1. The first-order valence-corrected chi connectivity index (χ1v) is 6.27. The number of hydrogen-bond acceptors (Lipinski definition) is 2. The molecule has 0 aromatic heterocycles. The molecule has 1 amide bonds. The minimum absolute atomic E-state index is 0.0289. The third-order valence-electron chi connectivity index (χ3n) is 3.47. The molecule has 1 aliphatic rings. The average molecular weight is 232 g/mol. The number of carbonyl (C=O) groups excluding carboxylic acids is 1. The second-order valence-corrected chi connectivity index (χ2v) is 4.81. The fraction of sp³-hybridized carbons (Fsp3) is 0.500. The SMILES string of the molecule is CNc1cc(C)ccc1C(=O)NCC1CCC1. The molecular weight excluding hydrogens is 212 g/mol. The lowest BCUT2D eigenvalue weighted by Gasteiger charge is -2.25. The van der Waals surface area contributed by atoms with Gasteiger partial charge in [0.15, 0.2) is 0 Å². The molecule has 3 nitrogen and oxygen atoms in total. The van der Waals surface area contributed by atoms with Crippen molar-refractivity contribution in [1.29, 1.82) is 0 Å². The van der Waals surface area contributed by atoms with Crippen molar-refractivity contribution in [3.05, 3.63) is 29.3 Å². The van der Waals surface area contributed by atoms with E-state index in [1.807, 2.05) is 32.2 Å². The Morgan fingerprint density at radius 3 is 2.76 bits per heavy atom. The second-order valence-electron chi connectivity index (χ2n) is 4.81. The van der Waals surface area contributed by atoms with Gasteiger partial charge in [-0.1, -0.05) is 12.5 Å². The molecule has 1 aromatic carbocycles. The smallest absolute Gasteiger partial charge is 0.253 e. The number of carbonyl (C=O) groups is 1. The van der Waals surface area contributed by atoms with Crippen LogP contribution in [0.25, 0.3) is 0 Å². The van der Waals surface area contributed by atoms with Crippen LogP contribution in [0.3, 0.4) is 0 Å². The first-order valence-electron chi connectivity index (χ1n) is 6.27. The van der Waals surface area contributed by atoms with Crippen molar-refractivity contribution in [2.24, 2.45) is 5.92 Å². The number of rotatable bonds is 4. The summed E-state index contributed by atoms with van der Waals surface area (Å²) in [4.78, 5) is 12.0. The number of benzene rings is 1. The van der Waals surface area contributed by atoms with Crippen LogP contribution in [-0.2, 0) is 0 Å². The summed E-state index contributed by atoms with van der Waals surface area (Å²) in [7, 11) is 1.84. The summed E-state index contributed by atoms with van der Waals surface area (Å²) >= 11 is 0. The van der Waals surface area contributed by atoms with Gasteiger partial charge in [-0.05, 0) is 43.4 Å². The molecule has 2 rings (SSSR count). The largest absolute Gasteiger partial charge is 0.387 e. The molecule has 0 spiro atoms. The Balaban J connectivity index is 2.01. The molecule has 0 aliphatic heterocycles. The molecule has 0 unspecified atom stereocenters. The predicted molar refractivity (Wildman–Crippen MR) is 70.4 cm³/mol. The number of anilines is 1. The number of amides is 1. The maximum Gasteiger partial charge on any atom is 0.253 e. The van der Waals surface area contributed by atoms with E-state index in [0.29, 0.717) is 5.92 Å². The molecular formula is C14H20N2O. The van der Waals surface area contributed by atoms with Crippen LogP contribution in [0.15, 0.2) is 18.2 Å². The highest BCUT2D eigenvalue weighted by Crippen LogP contribution is 2.25. The first-order chi connectivity index (χ1) is 8.20. The molecule has 0 radical (unpaired) electrons. The summed E-state index contributed by atoms with van der Waals surface area (Å²) in [6.45, 7) is 2.84. The molecule has 2 N–H and O–H groups in total. The van der Waals surface area contributed by atoms with Crippen molar-refractivity contribution in [1.82, 2.24) is 5.32 Å². The van der Waals surface area contributed by atoms with E-state index in [-0.39, 0.29) is 5.91 Å². The van der Waals surface area contributed by atoms with Crippen molar-refractivity contribution < 1.29 is 4.79 Å². The minimum Gasteiger partial charge on any atom is -0.387 e. The number of nitrogens with one attached hydrogen (secondary N) is 2. The van der Waals surface area contributed by atoms with Crippen molar-refractivity contribution in [2.75, 3.05) is 18.9 Å². The highest BCUT2D eigenvalue weighted by Gasteiger charge is 2.19. The molecule has 0 saturated heterocycles. The zero-order valence-electron chi connectivity index (χ0n) is 10.5. The summed E-state index contributed by atoms with van der Waals surface area (Å²) < 4.78 is 0. The summed E-state index contributed by atoms with van der Waals surface area (Å²) in [6.07, 6.45) is 3.83. The molecule has 0 atom stereocenters. The van der Waals surface area contributed by atoms with Crippen LogP contribution in [0.2, 0.25) is 0 Å². The Morgan fingerprint density at radius 1 is 1.41 bits per heavy atom. The monoisotopic (exact) mass is 232 g/mol.